The minimum Gasteiger partial charge on any atom is -0.460 e. The predicted molar refractivity (Wildman–Crippen MR) is 206 cm³/mol. The highest BCUT2D eigenvalue weighted by atomic mass is 16.5. The van der Waals surface area contributed by atoms with Gasteiger partial charge in [-0.25, -0.2) is 4.90 Å². The molecule has 0 amide bonds. The Labute approximate surface area is 298 Å². The summed E-state index contributed by atoms with van der Waals surface area (Å²) < 4.78 is 6.85. The van der Waals surface area contributed by atoms with Crippen LogP contribution >= 0.6 is 0 Å². The van der Waals surface area contributed by atoms with Crippen molar-refractivity contribution in [1.29, 1.82) is 0 Å². The molecule has 1 N–H and O–H groups in total. The van der Waals surface area contributed by atoms with E-state index in [0.717, 1.165) is 43.5 Å². The van der Waals surface area contributed by atoms with Crippen LogP contribution in [0.2, 0.25) is 0 Å². The fourth-order valence-electron chi connectivity index (χ4n) is 8.15. The third kappa shape index (κ3) is 19.3. The number of hydrogen-bond donors (Lipinski definition) is 1. The number of quaternary nitrogens is 1. The number of β-amino-alcohol motifs (C(OH)–C–C–N with tert-alkyl or cyclic N) is 1. The first-order valence-electron chi connectivity index (χ1n) is 21.4. The lowest BCUT2D eigenvalue weighted by atomic mass is 10.1. The van der Waals surface area contributed by atoms with Crippen molar-refractivity contribution < 1.29 is 19.1 Å². The smallest absolute Gasteiger partial charge is 0.305 e. The van der Waals surface area contributed by atoms with E-state index in [-0.39, 0.29) is 12.6 Å². The zero-order valence-electron chi connectivity index (χ0n) is 32.2. The number of aliphatic hydroxyl groups is 1. The van der Waals surface area contributed by atoms with Crippen LogP contribution in [-0.4, -0.2) is 72.1 Å². The van der Waals surface area contributed by atoms with Gasteiger partial charge in [0.25, 0.3) is 0 Å². The molecule has 48 heavy (non-hydrogen) atoms. The number of fused-ring (bicyclic) bond motifs is 1. The Kier molecular flexibility index (Phi) is 26.5. The molecule has 0 saturated carbocycles. The molecule has 2 heterocycles. The molecular weight excluding hydrogens is 592 g/mol. The molecule has 0 aromatic heterocycles. The zero-order chi connectivity index (χ0) is 34.4. The monoisotopic (exact) mass is 674 g/mol. The third-order valence-electron chi connectivity index (χ3n) is 11.2. The van der Waals surface area contributed by atoms with E-state index < -0.39 is 0 Å². The number of aliphatic hydroxyl groups excluding tert-OH is 1. The maximum Gasteiger partial charge on any atom is 0.305 e. The van der Waals surface area contributed by atoms with E-state index in [9.17, 15) is 9.90 Å². The fourth-order valence-corrected chi connectivity index (χ4v) is 8.15. The lowest BCUT2D eigenvalue weighted by molar-refractivity contribution is -0.819. The second-order valence-corrected chi connectivity index (χ2v) is 15.2. The molecule has 0 bridgehead atoms. The predicted octanol–water partition coefficient (Wildman–Crippen LogP) is 11.4. The fraction of sp³-hybridized carbons (Fsp3) is 0.884. The van der Waals surface area contributed by atoms with Gasteiger partial charge in [0.2, 0.25) is 0 Å². The third-order valence-corrected chi connectivity index (χ3v) is 11.2. The van der Waals surface area contributed by atoms with Crippen LogP contribution < -0.4 is 0 Å². The Morgan fingerprint density at radius 2 is 1.12 bits per heavy atom. The lowest BCUT2D eigenvalue weighted by Crippen LogP contribution is -2.34. The molecule has 2 rings (SSSR count). The summed E-state index contributed by atoms with van der Waals surface area (Å²) in [7, 11) is 0. The number of piperazine rings is 1. The Balaban J connectivity index is 1.46. The number of hydrogen-bond acceptors (Lipinski definition) is 4. The van der Waals surface area contributed by atoms with Crippen LogP contribution in [-0.2, 0) is 9.53 Å². The summed E-state index contributed by atoms with van der Waals surface area (Å²) in [5, 5.41) is 9.60. The van der Waals surface area contributed by atoms with Crippen molar-refractivity contribution in [3.63, 3.8) is 0 Å². The van der Waals surface area contributed by atoms with Gasteiger partial charge in [-0.1, -0.05) is 141 Å². The van der Waals surface area contributed by atoms with Crippen LogP contribution in [0.5, 0.6) is 0 Å². The minimum absolute atomic E-state index is 0.00978. The Bertz CT molecular complexity index is 814. The summed E-state index contributed by atoms with van der Waals surface area (Å²) in [6.45, 7) is 9.29. The standard InChI is InChI=1S/C43H81N2O3/c1-3-5-7-9-11-13-15-17-19-21-23-25-27-29-31-33-41-43-44(36-39-46)35-37-45(41,43)38-40-48-42(47)34-32-30-28-26-24-22-20-18-16-14-12-10-8-6-4-2/h17-20,41,43,46H,3-16,21-40H2,1-2H3/q+1. The van der Waals surface area contributed by atoms with Crippen molar-refractivity contribution in [3.05, 3.63) is 24.3 Å². The number of ether oxygens (including phenoxy) is 1. The van der Waals surface area contributed by atoms with Crippen molar-refractivity contribution in [2.75, 3.05) is 39.4 Å². The second-order valence-electron chi connectivity index (χ2n) is 15.2. The highest BCUT2D eigenvalue weighted by Crippen LogP contribution is 2.48. The normalized spacial score (nSPS) is 20.7. The summed E-state index contributed by atoms with van der Waals surface area (Å²) in [6, 6.07) is 0.666. The lowest BCUT2D eigenvalue weighted by Gasteiger charge is -2.17. The zero-order valence-corrected chi connectivity index (χ0v) is 32.2. The molecule has 2 saturated heterocycles. The van der Waals surface area contributed by atoms with Gasteiger partial charge in [-0.05, 0) is 64.2 Å². The summed E-state index contributed by atoms with van der Waals surface area (Å²) in [5.74, 6) is -0.00978. The van der Waals surface area contributed by atoms with Crippen LogP contribution in [0.15, 0.2) is 24.3 Å². The largest absolute Gasteiger partial charge is 0.460 e. The summed E-state index contributed by atoms with van der Waals surface area (Å²) in [5.41, 5.74) is 0. The summed E-state index contributed by atoms with van der Waals surface area (Å²) in [6.07, 6.45) is 46.0. The van der Waals surface area contributed by atoms with Crippen LogP contribution in [0.25, 0.3) is 0 Å². The van der Waals surface area contributed by atoms with E-state index in [0.29, 0.717) is 25.2 Å². The number of allylic oxidation sites excluding steroid dienone is 4. The van der Waals surface area contributed by atoms with E-state index in [1.54, 1.807) is 0 Å². The maximum atomic E-state index is 12.5. The molecule has 0 aromatic rings. The molecule has 5 nitrogen and oxygen atoms in total. The second kappa shape index (κ2) is 29.5. The van der Waals surface area contributed by atoms with Crippen molar-refractivity contribution in [1.82, 2.24) is 4.90 Å². The van der Waals surface area contributed by atoms with E-state index in [1.165, 1.54) is 161 Å². The van der Waals surface area contributed by atoms with Gasteiger partial charge in [0.05, 0.1) is 19.7 Å². The van der Waals surface area contributed by atoms with Crippen molar-refractivity contribution in [2.45, 2.75) is 206 Å². The minimum atomic E-state index is -0.00978. The number of esters is 1. The molecular formula is C43H81N2O3+. The Hall–Kier alpha value is -1.17. The molecule has 5 heteroatoms. The molecule has 3 unspecified atom stereocenters. The van der Waals surface area contributed by atoms with Gasteiger partial charge in [-0.15, -0.1) is 0 Å². The van der Waals surface area contributed by atoms with Gasteiger partial charge in [-0.2, -0.15) is 0 Å². The average Bonchev–Trinajstić information content (AvgIpc) is 3.56. The van der Waals surface area contributed by atoms with E-state index in [4.69, 9.17) is 4.74 Å². The highest BCUT2D eigenvalue weighted by Gasteiger charge is 2.71. The molecule has 3 atom stereocenters. The van der Waals surface area contributed by atoms with Gasteiger partial charge in [0, 0.05) is 19.4 Å². The number of rotatable bonds is 35. The first-order chi connectivity index (χ1) is 23.7. The molecule has 2 aliphatic heterocycles. The van der Waals surface area contributed by atoms with E-state index in [2.05, 4.69) is 43.1 Å². The van der Waals surface area contributed by atoms with Gasteiger partial charge < -0.3 is 9.84 Å². The van der Waals surface area contributed by atoms with Crippen molar-refractivity contribution >= 4 is 5.97 Å². The van der Waals surface area contributed by atoms with Crippen molar-refractivity contribution in [3.8, 4) is 0 Å². The highest BCUT2D eigenvalue weighted by molar-refractivity contribution is 5.69. The average molecular weight is 674 g/mol. The Morgan fingerprint density at radius 1 is 0.667 bits per heavy atom. The van der Waals surface area contributed by atoms with Gasteiger partial charge in [-0.3, -0.25) is 9.28 Å². The number of nitrogens with zero attached hydrogens (tertiary/aromatic N) is 2. The summed E-state index contributed by atoms with van der Waals surface area (Å²) >= 11 is 0. The number of carbonyl (C=O) groups excluding carboxylic acids is 1. The molecule has 0 aliphatic carbocycles. The van der Waals surface area contributed by atoms with Crippen LogP contribution in [0.1, 0.15) is 194 Å². The molecule has 0 spiro atoms. The first kappa shape index (κ1) is 43.0. The van der Waals surface area contributed by atoms with Crippen LogP contribution in [0.3, 0.4) is 0 Å². The number of unbranched alkanes of at least 4 members (excludes halogenated alkanes) is 22. The van der Waals surface area contributed by atoms with Gasteiger partial charge in [0.15, 0.2) is 12.2 Å². The van der Waals surface area contributed by atoms with Gasteiger partial charge in [0.1, 0.15) is 13.2 Å². The molecule has 280 valence electrons. The van der Waals surface area contributed by atoms with Gasteiger partial charge >= 0.3 is 5.97 Å². The number of carbonyl (C=O) groups is 1. The molecule has 0 radical (unpaired) electrons. The van der Waals surface area contributed by atoms with Crippen LogP contribution in [0, 0.1) is 0 Å². The summed E-state index contributed by atoms with van der Waals surface area (Å²) in [4.78, 5) is 15.0. The maximum absolute atomic E-state index is 12.5. The quantitative estimate of drug-likeness (QED) is 0.0239. The SMILES string of the molecule is CCCCCCCCC=CCCCCCCCC(=O)OCC[N+]12CCN(CCO)C1C2CCCCCCCC=CCCCCCCCC. The van der Waals surface area contributed by atoms with E-state index >= 15 is 0 Å². The van der Waals surface area contributed by atoms with Crippen molar-refractivity contribution in [2.24, 2.45) is 0 Å². The van der Waals surface area contributed by atoms with E-state index in [1.807, 2.05) is 0 Å². The topological polar surface area (TPSA) is 49.8 Å². The Morgan fingerprint density at radius 3 is 1.62 bits per heavy atom. The molecule has 0 aromatic carbocycles. The van der Waals surface area contributed by atoms with Crippen LogP contribution in [0.4, 0.5) is 0 Å². The molecule has 2 aliphatic rings. The molecule has 2 fully saturated rings. The first-order valence-corrected chi connectivity index (χ1v) is 21.4.